The summed E-state index contributed by atoms with van der Waals surface area (Å²) in [4.78, 5) is 25.7. The Morgan fingerprint density at radius 3 is 2.41 bits per heavy atom. The highest BCUT2D eigenvalue weighted by molar-refractivity contribution is 6.06. The number of benzene rings is 2. The molecule has 0 heterocycles. The highest BCUT2D eigenvalue weighted by Gasteiger charge is 2.12. The third kappa shape index (κ3) is 6.01. The monoisotopic (exact) mass is 363 g/mol. The Morgan fingerprint density at radius 2 is 1.81 bits per heavy atom. The molecule has 2 rings (SSSR count). The molecule has 2 aromatic rings. The first kappa shape index (κ1) is 19.7. The number of ether oxygens (including phenoxy) is 1. The summed E-state index contributed by atoms with van der Waals surface area (Å²) in [6.45, 7) is 2.61. The summed E-state index contributed by atoms with van der Waals surface area (Å²) in [6.07, 6.45) is 1.51. The predicted molar refractivity (Wildman–Crippen MR) is 103 cm³/mol. The van der Waals surface area contributed by atoms with Crippen LogP contribution in [0, 0.1) is 11.3 Å². The molecule has 0 bridgehead atoms. The number of esters is 1. The Kier molecular flexibility index (Phi) is 7.15. The van der Waals surface area contributed by atoms with Gasteiger partial charge in [-0.05, 0) is 36.8 Å². The van der Waals surface area contributed by atoms with Crippen molar-refractivity contribution in [2.75, 3.05) is 19.0 Å². The van der Waals surface area contributed by atoms with Gasteiger partial charge in [-0.3, -0.25) is 4.79 Å². The molecule has 0 unspecified atom stereocenters. The summed E-state index contributed by atoms with van der Waals surface area (Å²) in [7, 11) is 1.80. The number of amides is 1. The molecule has 138 valence electrons. The summed E-state index contributed by atoms with van der Waals surface area (Å²) in [5.74, 6) is -0.934. The first-order valence-corrected chi connectivity index (χ1v) is 8.48. The van der Waals surface area contributed by atoms with Crippen LogP contribution in [0.1, 0.15) is 22.8 Å². The number of hydrogen-bond donors (Lipinski definition) is 1. The van der Waals surface area contributed by atoms with Crippen LogP contribution in [0.15, 0.2) is 66.4 Å². The van der Waals surface area contributed by atoms with Crippen molar-refractivity contribution < 1.29 is 14.3 Å². The van der Waals surface area contributed by atoms with Gasteiger partial charge in [0, 0.05) is 25.5 Å². The van der Waals surface area contributed by atoms with Crippen LogP contribution in [0.4, 0.5) is 5.69 Å². The summed E-state index contributed by atoms with van der Waals surface area (Å²) < 4.78 is 4.91. The summed E-state index contributed by atoms with van der Waals surface area (Å²) in [5, 5.41) is 12.0. The minimum atomic E-state index is -0.513. The van der Waals surface area contributed by atoms with Gasteiger partial charge in [0.2, 0.25) is 0 Å². The number of nitrogens with one attached hydrogen (secondary N) is 1. The van der Waals surface area contributed by atoms with Gasteiger partial charge in [0.1, 0.15) is 11.6 Å². The average Bonchev–Trinajstić information content (AvgIpc) is 2.67. The molecule has 2 aromatic carbocycles. The van der Waals surface area contributed by atoms with Crippen molar-refractivity contribution in [1.82, 2.24) is 4.90 Å². The van der Waals surface area contributed by atoms with E-state index in [1.807, 2.05) is 36.4 Å². The van der Waals surface area contributed by atoms with Crippen molar-refractivity contribution in [1.29, 1.82) is 5.26 Å². The van der Waals surface area contributed by atoms with Crippen LogP contribution in [-0.4, -0.2) is 30.4 Å². The van der Waals surface area contributed by atoms with Crippen molar-refractivity contribution >= 4 is 17.6 Å². The zero-order chi connectivity index (χ0) is 19.6. The lowest BCUT2D eigenvalue weighted by Gasteiger charge is -2.15. The van der Waals surface area contributed by atoms with Crippen molar-refractivity contribution in [3.63, 3.8) is 0 Å². The van der Waals surface area contributed by atoms with E-state index in [1.54, 1.807) is 43.1 Å². The first-order valence-electron chi connectivity index (χ1n) is 8.48. The van der Waals surface area contributed by atoms with Gasteiger partial charge < -0.3 is 15.0 Å². The zero-order valence-electron chi connectivity index (χ0n) is 15.3. The van der Waals surface area contributed by atoms with Gasteiger partial charge >= 0.3 is 5.97 Å². The molecule has 0 aromatic heterocycles. The predicted octanol–water partition coefficient (Wildman–Crippen LogP) is 3.34. The molecule has 0 atom stereocenters. The summed E-state index contributed by atoms with van der Waals surface area (Å²) in [5.41, 5.74) is 1.94. The number of rotatable bonds is 7. The van der Waals surface area contributed by atoms with Crippen LogP contribution < -0.4 is 5.32 Å². The van der Waals surface area contributed by atoms with E-state index < -0.39 is 11.9 Å². The largest absolute Gasteiger partial charge is 0.462 e. The van der Waals surface area contributed by atoms with Crippen molar-refractivity contribution in [3.05, 3.63) is 77.5 Å². The molecular weight excluding hydrogens is 342 g/mol. The van der Waals surface area contributed by atoms with Crippen LogP contribution >= 0.6 is 0 Å². The second kappa shape index (κ2) is 9.78. The van der Waals surface area contributed by atoms with Crippen LogP contribution in [0.5, 0.6) is 0 Å². The minimum Gasteiger partial charge on any atom is -0.462 e. The molecule has 1 amide bonds. The molecule has 0 radical (unpaired) electrons. The van der Waals surface area contributed by atoms with Crippen LogP contribution in [-0.2, 0) is 16.1 Å². The molecule has 6 heteroatoms. The third-order valence-corrected chi connectivity index (χ3v) is 3.64. The second-order valence-corrected chi connectivity index (χ2v) is 5.81. The highest BCUT2D eigenvalue weighted by atomic mass is 16.5. The van der Waals surface area contributed by atoms with Crippen molar-refractivity contribution in [2.45, 2.75) is 13.5 Å². The zero-order valence-corrected chi connectivity index (χ0v) is 15.3. The second-order valence-electron chi connectivity index (χ2n) is 5.81. The Morgan fingerprint density at radius 1 is 1.15 bits per heavy atom. The molecule has 0 spiro atoms. The van der Waals surface area contributed by atoms with E-state index in [9.17, 15) is 14.9 Å². The smallest absolute Gasteiger partial charge is 0.338 e. The Balaban J connectivity index is 2.02. The molecule has 1 N–H and O–H groups in total. The van der Waals surface area contributed by atoms with E-state index in [0.29, 0.717) is 24.4 Å². The number of nitriles is 1. The van der Waals surface area contributed by atoms with Crippen LogP contribution in [0.2, 0.25) is 0 Å². The molecule has 0 fully saturated rings. The summed E-state index contributed by atoms with van der Waals surface area (Å²) >= 11 is 0. The number of anilines is 1. The maximum atomic E-state index is 12.3. The van der Waals surface area contributed by atoms with E-state index in [0.717, 1.165) is 5.56 Å². The topological polar surface area (TPSA) is 82.4 Å². The van der Waals surface area contributed by atoms with E-state index in [1.165, 1.54) is 6.20 Å². The van der Waals surface area contributed by atoms with Gasteiger partial charge in [-0.15, -0.1) is 0 Å². The molecule has 0 aliphatic rings. The lowest BCUT2D eigenvalue weighted by molar-refractivity contribution is -0.112. The minimum absolute atomic E-state index is 0.0112. The van der Waals surface area contributed by atoms with E-state index >= 15 is 0 Å². The quantitative estimate of drug-likeness (QED) is 0.463. The van der Waals surface area contributed by atoms with Crippen LogP contribution in [0.25, 0.3) is 0 Å². The lowest BCUT2D eigenvalue weighted by Crippen LogP contribution is -2.18. The van der Waals surface area contributed by atoms with Crippen LogP contribution in [0.3, 0.4) is 0 Å². The Labute approximate surface area is 158 Å². The van der Waals surface area contributed by atoms with Gasteiger partial charge in [-0.1, -0.05) is 30.3 Å². The fourth-order valence-electron chi connectivity index (χ4n) is 2.38. The van der Waals surface area contributed by atoms with Gasteiger partial charge in [0.25, 0.3) is 5.91 Å². The normalized spacial score (nSPS) is 10.6. The third-order valence-electron chi connectivity index (χ3n) is 3.64. The first-order chi connectivity index (χ1) is 13.0. The van der Waals surface area contributed by atoms with Crippen molar-refractivity contribution in [3.8, 4) is 6.07 Å². The van der Waals surface area contributed by atoms with E-state index in [-0.39, 0.29) is 5.57 Å². The van der Waals surface area contributed by atoms with E-state index in [2.05, 4.69) is 5.32 Å². The van der Waals surface area contributed by atoms with Gasteiger partial charge in [-0.2, -0.15) is 5.26 Å². The Bertz CT molecular complexity index is 852. The lowest BCUT2D eigenvalue weighted by atomic mass is 10.2. The average molecular weight is 363 g/mol. The fraction of sp³-hybridized carbons (Fsp3) is 0.190. The molecule has 27 heavy (non-hydrogen) atoms. The Hall–Kier alpha value is -3.59. The number of hydrogen-bond acceptors (Lipinski definition) is 5. The molecule has 0 saturated carbocycles. The van der Waals surface area contributed by atoms with Gasteiger partial charge in [-0.25, -0.2) is 4.79 Å². The number of nitrogens with zero attached hydrogens (tertiary/aromatic N) is 2. The summed E-state index contributed by atoms with van der Waals surface area (Å²) in [6, 6.07) is 18.0. The standard InChI is InChI=1S/C21H21N3O3/c1-3-27-21(26)17-9-11-19(12-10-17)23-20(25)18(13-22)15-24(2)14-16-7-5-4-6-8-16/h4-12,15H,3,14H2,1-2H3,(H,23,25)/b18-15-. The molecular formula is C21H21N3O3. The molecule has 0 saturated heterocycles. The molecule has 0 aliphatic heterocycles. The maximum Gasteiger partial charge on any atom is 0.338 e. The van der Waals surface area contributed by atoms with E-state index in [4.69, 9.17) is 4.74 Å². The highest BCUT2D eigenvalue weighted by Crippen LogP contribution is 2.12. The van der Waals surface area contributed by atoms with Gasteiger partial charge in [0.05, 0.1) is 12.2 Å². The van der Waals surface area contributed by atoms with Gasteiger partial charge in [0.15, 0.2) is 0 Å². The number of carbonyl (C=O) groups is 2. The maximum absolute atomic E-state index is 12.3. The molecule has 0 aliphatic carbocycles. The SMILES string of the molecule is CCOC(=O)c1ccc(NC(=O)/C(C#N)=C\N(C)Cc2ccccc2)cc1. The fourth-order valence-corrected chi connectivity index (χ4v) is 2.38. The van der Waals surface area contributed by atoms with Crippen molar-refractivity contribution in [2.24, 2.45) is 0 Å². The number of carbonyl (C=O) groups excluding carboxylic acids is 2. The molecule has 6 nitrogen and oxygen atoms in total.